The highest BCUT2D eigenvalue weighted by Gasteiger charge is 2.43. The van der Waals surface area contributed by atoms with Crippen molar-refractivity contribution in [2.75, 3.05) is 19.7 Å². The summed E-state index contributed by atoms with van der Waals surface area (Å²) >= 11 is 0. The molecule has 1 N–H and O–H groups in total. The molecule has 3 fully saturated rings. The zero-order valence-electron chi connectivity index (χ0n) is 11.1. The van der Waals surface area contributed by atoms with Gasteiger partial charge in [-0.3, -0.25) is 4.79 Å². The Morgan fingerprint density at radius 2 is 1.84 bits per heavy atom. The minimum atomic E-state index is -0.974. The van der Waals surface area contributed by atoms with Crippen LogP contribution < -0.4 is 0 Å². The molecule has 3 aliphatic rings. The molecule has 5 heteroatoms. The predicted octanol–water partition coefficient (Wildman–Crippen LogP) is 1.12. The Morgan fingerprint density at radius 3 is 2.37 bits per heavy atom. The number of carboxylic acids is 1. The molecule has 0 aromatic heterocycles. The molecule has 1 atom stereocenters. The number of amides is 1. The molecule has 5 nitrogen and oxygen atoms in total. The Balaban J connectivity index is 1.55. The van der Waals surface area contributed by atoms with Gasteiger partial charge in [-0.1, -0.05) is 0 Å². The van der Waals surface area contributed by atoms with E-state index < -0.39 is 12.1 Å². The van der Waals surface area contributed by atoms with Gasteiger partial charge in [0.15, 0.2) is 6.10 Å². The van der Waals surface area contributed by atoms with Crippen LogP contribution in [0.3, 0.4) is 0 Å². The lowest BCUT2D eigenvalue weighted by molar-refractivity contribution is -0.159. The van der Waals surface area contributed by atoms with Crippen LogP contribution in [0, 0.1) is 17.8 Å². The van der Waals surface area contributed by atoms with Gasteiger partial charge in [-0.05, 0) is 43.4 Å². The molecule has 0 aromatic carbocycles. The van der Waals surface area contributed by atoms with Gasteiger partial charge in [-0.25, -0.2) is 4.79 Å². The van der Waals surface area contributed by atoms with Crippen molar-refractivity contribution in [2.24, 2.45) is 17.8 Å². The van der Waals surface area contributed by atoms with E-state index in [4.69, 9.17) is 9.84 Å². The summed E-state index contributed by atoms with van der Waals surface area (Å²) in [6.07, 6.45) is 4.86. The Bertz CT molecular complexity index is 364. The zero-order valence-corrected chi connectivity index (χ0v) is 11.1. The van der Waals surface area contributed by atoms with Crippen molar-refractivity contribution >= 4 is 11.9 Å². The number of nitrogens with zero attached hydrogens (tertiary/aromatic N) is 1. The molecule has 1 heterocycles. The molecule has 0 bridgehead atoms. The molecular formula is C14H21NO4. The minimum Gasteiger partial charge on any atom is -0.479 e. The van der Waals surface area contributed by atoms with Crippen molar-refractivity contribution < 1.29 is 19.4 Å². The van der Waals surface area contributed by atoms with Crippen LogP contribution in [-0.2, 0) is 14.3 Å². The van der Waals surface area contributed by atoms with Gasteiger partial charge in [0.1, 0.15) is 0 Å². The first kappa shape index (κ1) is 12.9. The van der Waals surface area contributed by atoms with Crippen LogP contribution in [0.15, 0.2) is 0 Å². The van der Waals surface area contributed by atoms with Gasteiger partial charge < -0.3 is 14.7 Å². The molecule has 1 aliphatic heterocycles. The summed E-state index contributed by atoms with van der Waals surface area (Å²) in [5, 5.41) is 8.95. The molecule has 3 rings (SSSR count). The van der Waals surface area contributed by atoms with E-state index in [1.54, 1.807) is 4.90 Å². The Hall–Kier alpha value is -1.10. The fraction of sp³-hybridized carbons (Fsp3) is 0.857. The molecule has 0 radical (unpaired) electrons. The number of carbonyl (C=O) groups is 2. The average Bonchev–Trinajstić information content (AvgIpc) is 3.29. The molecule has 0 unspecified atom stereocenters. The van der Waals surface area contributed by atoms with Gasteiger partial charge in [0.05, 0.1) is 13.2 Å². The van der Waals surface area contributed by atoms with Crippen molar-refractivity contribution in [2.45, 2.75) is 38.2 Å². The molecule has 106 valence electrons. The molecule has 2 saturated carbocycles. The van der Waals surface area contributed by atoms with Crippen molar-refractivity contribution in [1.29, 1.82) is 0 Å². The Labute approximate surface area is 112 Å². The lowest BCUT2D eigenvalue weighted by Gasteiger charge is -2.32. The quantitative estimate of drug-likeness (QED) is 0.810. The average molecular weight is 267 g/mol. The largest absolute Gasteiger partial charge is 0.479 e. The van der Waals surface area contributed by atoms with E-state index in [9.17, 15) is 9.59 Å². The number of carbonyl (C=O) groups excluding carboxylic acids is 1. The first-order chi connectivity index (χ1) is 9.15. The second-order valence-corrected chi connectivity index (χ2v) is 6.08. The lowest BCUT2D eigenvalue weighted by Crippen LogP contribution is -2.49. The Morgan fingerprint density at radius 1 is 1.21 bits per heavy atom. The van der Waals surface area contributed by atoms with E-state index in [-0.39, 0.29) is 12.5 Å². The molecule has 1 amide bonds. The number of morpholine rings is 1. The van der Waals surface area contributed by atoms with E-state index in [1.807, 2.05) is 0 Å². The summed E-state index contributed by atoms with van der Waals surface area (Å²) in [6.45, 7) is 1.07. The Kier molecular flexibility index (Phi) is 3.48. The normalized spacial score (nSPS) is 27.6. The lowest BCUT2D eigenvalue weighted by atomic mass is 9.93. The molecule has 2 aliphatic carbocycles. The summed E-state index contributed by atoms with van der Waals surface area (Å²) in [7, 11) is 0. The van der Waals surface area contributed by atoms with Crippen molar-refractivity contribution in [3.63, 3.8) is 0 Å². The van der Waals surface area contributed by atoms with Gasteiger partial charge in [0.25, 0.3) is 0 Å². The summed E-state index contributed by atoms with van der Waals surface area (Å²) in [6, 6.07) is 0. The van der Waals surface area contributed by atoms with Crippen LogP contribution in [0.2, 0.25) is 0 Å². The molecule has 0 aromatic rings. The second-order valence-electron chi connectivity index (χ2n) is 6.08. The van der Waals surface area contributed by atoms with Gasteiger partial charge in [-0.2, -0.15) is 0 Å². The van der Waals surface area contributed by atoms with E-state index in [0.717, 1.165) is 11.8 Å². The highest BCUT2D eigenvalue weighted by Crippen LogP contribution is 2.50. The number of carboxylic acid groups (broad SMARTS) is 1. The highest BCUT2D eigenvalue weighted by molar-refractivity contribution is 5.79. The summed E-state index contributed by atoms with van der Waals surface area (Å²) in [5.74, 6) is 1.22. The topological polar surface area (TPSA) is 66.8 Å². The summed E-state index contributed by atoms with van der Waals surface area (Å²) in [5.41, 5.74) is 0. The van der Waals surface area contributed by atoms with E-state index in [1.165, 1.54) is 25.7 Å². The first-order valence-electron chi connectivity index (χ1n) is 7.27. The maximum Gasteiger partial charge on any atom is 0.334 e. The number of hydrogen-bond donors (Lipinski definition) is 1. The molecule has 0 spiro atoms. The molecule has 19 heavy (non-hydrogen) atoms. The van der Waals surface area contributed by atoms with E-state index in [0.29, 0.717) is 25.5 Å². The smallest absolute Gasteiger partial charge is 0.334 e. The fourth-order valence-electron chi connectivity index (χ4n) is 3.12. The van der Waals surface area contributed by atoms with Gasteiger partial charge in [0.2, 0.25) is 5.91 Å². The van der Waals surface area contributed by atoms with Gasteiger partial charge in [0, 0.05) is 13.0 Å². The van der Waals surface area contributed by atoms with Crippen molar-refractivity contribution in [3.8, 4) is 0 Å². The summed E-state index contributed by atoms with van der Waals surface area (Å²) < 4.78 is 5.15. The number of hydrogen-bond acceptors (Lipinski definition) is 3. The highest BCUT2D eigenvalue weighted by atomic mass is 16.5. The van der Waals surface area contributed by atoms with E-state index in [2.05, 4.69) is 0 Å². The maximum absolute atomic E-state index is 12.3. The molecular weight excluding hydrogens is 246 g/mol. The number of aliphatic carboxylic acids is 1. The second kappa shape index (κ2) is 5.12. The van der Waals surface area contributed by atoms with Crippen molar-refractivity contribution in [3.05, 3.63) is 0 Å². The van der Waals surface area contributed by atoms with Gasteiger partial charge >= 0.3 is 5.97 Å². The summed E-state index contributed by atoms with van der Waals surface area (Å²) in [4.78, 5) is 24.9. The predicted molar refractivity (Wildman–Crippen MR) is 67.5 cm³/mol. The maximum atomic E-state index is 12.3. The monoisotopic (exact) mass is 267 g/mol. The third-order valence-electron chi connectivity index (χ3n) is 4.56. The molecule has 1 saturated heterocycles. The van der Waals surface area contributed by atoms with Crippen LogP contribution in [0.1, 0.15) is 32.1 Å². The van der Waals surface area contributed by atoms with E-state index >= 15 is 0 Å². The minimum absolute atomic E-state index is 0.123. The zero-order chi connectivity index (χ0) is 13.4. The van der Waals surface area contributed by atoms with Gasteiger partial charge in [-0.15, -0.1) is 0 Å². The SMILES string of the molecule is O=C(O)[C@H]1CN(C(=O)CC(C2CC2)C2CC2)CCO1. The first-order valence-corrected chi connectivity index (χ1v) is 7.27. The standard InChI is InChI=1S/C14H21NO4/c16-13(7-11(9-1-2-9)10-3-4-10)15-5-6-19-12(8-15)14(17)18/h9-12H,1-8H2,(H,17,18)/t12-/m1/s1. The third kappa shape index (κ3) is 3.08. The number of rotatable bonds is 5. The third-order valence-corrected chi connectivity index (χ3v) is 4.56. The fourth-order valence-corrected chi connectivity index (χ4v) is 3.12. The van der Waals surface area contributed by atoms with Crippen molar-refractivity contribution in [1.82, 2.24) is 4.90 Å². The van der Waals surface area contributed by atoms with Crippen LogP contribution in [0.5, 0.6) is 0 Å². The van der Waals surface area contributed by atoms with Crippen LogP contribution >= 0.6 is 0 Å². The van der Waals surface area contributed by atoms with Crippen LogP contribution in [-0.4, -0.2) is 47.7 Å². The van der Waals surface area contributed by atoms with Crippen LogP contribution in [0.4, 0.5) is 0 Å². The number of ether oxygens (including phenoxy) is 1. The van der Waals surface area contributed by atoms with Crippen LogP contribution in [0.25, 0.3) is 0 Å².